The van der Waals surface area contributed by atoms with Crippen molar-refractivity contribution in [3.05, 3.63) is 35.0 Å². The van der Waals surface area contributed by atoms with E-state index in [-0.39, 0.29) is 5.69 Å². The van der Waals surface area contributed by atoms with Gasteiger partial charge in [0.2, 0.25) is 0 Å². The fourth-order valence-electron chi connectivity index (χ4n) is 1.57. The van der Waals surface area contributed by atoms with E-state index in [1.165, 1.54) is 0 Å². The van der Waals surface area contributed by atoms with Crippen LogP contribution in [0.1, 0.15) is 17.4 Å². The van der Waals surface area contributed by atoms with Gasteiger partial charge in [-0.3, -0.25) is 0 Å². The SMILES string of the molecule is CCn1nnc(C(=O)O)c1-c1ccc(Cl)cc1. The molecule has 0 saturated heterocycles. The van der Waals surface area contributed by atoms with Gasteiger partial charge in [0.15, 0.2) is 5.69 Å². The predicted molar refractivity (Wildman–Crippen MR) is 63.1 cm³/mol. The Balaban J connectivity index is 2.59. The second-order valence-electron chi connectivity index (χ2n) is 3.41. The van der Waals surface area contributed by atoms with Crippen LogP contribution in [0.3, 0.4) is 0 Å². The molecule has 0 radical (unpaired) electrons. The zero-order chi connectivity index (χ0) is 12.4. The van der Waals surface area contributed by atoms with E-state index in [0.29, 0.717) is 17.3 Å². The van der Waals surface area contributed by atoms with Crippen LogP contribution in [0.25, 0.3) is 11.3 Å². The van der Waals surface area contributed by atoms with E-state index in [1.807, 2.05) is 6.92 Å². The zero-order valence-electron chi connectivity index (χ0n) is 9.09. The standard InChI is InChI=1S/C11H10ClN3O2/c1-2-15-10(9(11(16)17)13-14-15)7-3-5-8(12)6-4-7/h3-6H,2H2,1H3,(H,16,17). The van der Waals surface area contributed by atoms with Gasteiger partial charge in [0.1, 0.15) is 5.69 Å². The van der Waals surface area contributed by atoms with Gasteiger partial charge in [0.25, 0.3) is 0 Å². The summed E-state index contributed by atoms with van der Waals surface area (Å²) in [4.78, 5) is 11.0. The lowest BCUT2D eigenvalue weighted by Crippen LogP contribution is -2.03. The van der Waals surface area contributed by atoms with E-state index in [2.05, 4.69) is 10.3 Å². The highest BCUT2D eigenvalue weighted by Crippen LogP contribution is 2.23. The van der Waals surface area contributed by atoms with Crippen molar-refractivity contribution in [3.63, 3.8) is 0 Å². The highest BCUT2D eigenvalue weighted by molar-refractivity contribution is 6.30. The molecule has 0 bridgehead atoms. The summed E-state index contributed by atoms with van der Waals surface area (Å²) in [6.45, 7) is 2.43. The first-order chi connectivity index (χ1) is 8.13. The van der Waals surface area contributed by atoms with Crippen molar-refractivity contribution in [2.75, 3.05) is 0 Å². The molecular weight excluding hydrogens is 242 g/mol. The normalized spacial score (nSPS) is 10.5. The monoisotopic (exact) mass is 251 g/mol. The first-order valence-electron chi connectivity index (χ1n) is 5.06. The summed E-state index contributed by atoms with van der Waals surface area (Å²) in [5.74, 6) is -1.09. The lowest BCUT2D eigenvalue weighted by Gasteiger charge is -2.04. The van der Waals surface area contributed by atoms with Gasteiger partial charge in [-0.05, 0) is 19.1 Å². The second-order valence-corrected chi connectivity index (χ2v) is 3.85. The van der Waals surface area contributed by atoms with E-state index >= 15 is 0 Å². The number of halogens is 1. The van der Waals surface area contributed by atoms with Gasteiger partial charge in [-0.15, -0.1) is 5.10 Å². The van der Waals surface area contributed by atoms with Gasteiger partial charge >= 0.3 is 5.97 Å². The number of nitrogens with zero attached hydrogens (tertiary/aromatic N) is 3. The van der Waals surface area contributed by atoms with E-state index in [0.717, 1.165) is 5.56 Å². The van der Waals surface area contributed by atoms with Crippen LogP contribution in [-0.2, 0) is 6.54 Å². The molecule has 2 rings (SSSR count). The van der Waals surface area contributed by atoms with Crippen molar-refractivity contribution >= 4 is 17.6 Å². The minimum atomic E-state index is -1.09. The third-order valence-electron chi connectivity index (χ3n) is 2.35. The average Bonchev–Trinajstić information content (AvgIpc) is 2.73. The topological polar surface area (TPSA) is 68.0 Å². The molecule has 0 spiro atoms. The maximum atomic E-state index is 11.0. The van der Waals surface area contributed by atoms with Crippen LogP contribution in [0.2, 0.25) is 5.02 Å². The Bertz CT molecular complexity index is 548. The number of hydrogen-bond acceptors (Lipinski definition) is 3. The fourth-order valence-corrected chi connectivity index (χ4v) is 1.70. The predicted octanol–water partition coefficient (Wildman–Crippen LogP) is 2.32. The van der Waals surface area contributed by atoms with Crippen molar-refractivity contribution in [2.45, 2.75) is 13.5 Å². The summed E-state index contributed by atoms with van der Waals surface area (Å²) in [5, 5.41) is 17.1. The smallest absolute Gasteiger partial charge is 0.358 e. The van der Waals surface area contributed by atoms with Gasteiger partial charge in [0, 0.05) is 17.1 Å². The van der Waals surface area contributed by atoms with Gasteiger partial charge in [-0.1, -0.05) is 28.9 Å². The number of carbonyl (C=O) groups is 1. The van der Waals surface area contributed by atoms with Crippen molar-refractivity contribution in [1.82, 2.24) is 15.0 Å². The molecular formula is C11H10ClN3O2. The Kier molecular flexibility index (Phi) is 3.10. The van der Waals surface area contributed by atoms with E-state index in [4.69, 9.17) is 16.7 Å². The number of aromatic carboxylic acids is 1. The molecule has 0 amide bonds. The summed E-state index contributed by atoms with van der Waals surface area (Å²) in [6.07, 6.45) is 0. The third-order valence-corrected chi connectivity index (χ3v) is 2.61. The van der Waals surface area contributed by atoms with Crippen LogP contribution in [-0.4, -0.2) is 26.1 Å². The molecule has 1 aromatic carbocycles. The molecule has 0 saturated carbocycles. The number of aryl methyl sites for hydroxylation is 1. The number of rotatable bonds is 3. The zero-order valence-corrected chi connectivity index (χ0v) is 9.85. The average molecular weight is 252 g/mol. The minimum Gasteiger partial charge on any atom is -0.476 e. The molecule has 17 heavy (non-hydrogen) atoms. The van der Waals surface area contributed by atoms with Crippen LogP contribution in [0, 0.1) is 0 Å². The second kappa shape index (κ2) is 4.55. The summed E-state index contributed by atoms with van der Waals surface area (Å²) in [7, 11) is 0. The molecule has 88 valence electrons. The summed E-state index contributed by atoms with van der Waals surface area (Å²) in [6, 6.07) is 6.91. The van der Waals surface area contributed by atoms with Gasteiger partial charge in [0.05, 0.1) is 0 Å². The van der Waals surface area contributed by atoms with Gasteiger partial charge in [-0.2, -0.15) is 0 Å². The first-order valence-corrected chi connectivity index (χ1v) is 5.44. The first kappa shape index (κ1) is 11.6. The summed E-state index contributed by atoms with van der Waals surface area (Å²) >= 11 is 5.79. The van der Waals surface area contributed by atoms with E-state index in [9.17, 15) is 4.79 Å². The van der Waals surface area contributed by atoms with Crippen LogP contribution in [0.4, 0.5) is 0 Å². The number of aromatic nitrogens is 3. The highest BCUT2D eigenvalue weighted by Gasteiger charge is 2.19. The summed E-state index contributed by atoms with van der Waals surface area (Å²) < 4.78 is 1.55. The summed E-state index contributed by atoms with van der Waals surface area (Å²) in [5.41, 5.74) is 1.18. The Morgan fingerprint density at radius 3 is 2.59 bits per heavy atom. The molecule has 2 aromatic rings. The largest absolute Gasteiger partial charge is 0.476 e. The van der Waals surface area contributed by atoms with Crippen molar-refractivity contribution in [2.24, 2.45) is 0 Å². The van der Waals surface area contributed by atoms with Crippen molar-refractivity contribution < 1.29 is 9.90 Å². The highest BCUT2D eigenvalue weighted by atomic mass is 35.5. The maximum Gasteiger partial charge on any atom is 0.358 e. The fraction of sp³-hybridized carbons (Fsp3) is 0.182. The van der Waals surface area contributed by atoms with Crippen LogP contribution in [0.15, 0.2) is 24.3 Å². The molecule has 0 atom stereocenters. The molecule has 6 heteroatoms. The number of hydrogen-bond donors (Lipinski definition) is 1. The number of carboxylic acids is 1. The lowest BCUT2D eigenvalue weighted by atomic mass is 10.1. The van der Waals surface area contributed by atoms with Crippen molar-refractivity contribution in [1.29, 1.82) is 0 Å². The van der Waals surface area contributed by atoms with Crippen LogP contribution < -0.4 is 0 Å². The van der Waals surface area contributed by atoms with E-state index in [1.54, 1.807) is 28.9 Å². The van der Waals surface area contributed by atoms with Crippen LogP contribution >= 0.6 is 11.6 Å². The Hall–Kier alpha value is -1.88. The Morgan fingerprint density at radius 2 is 2.06 bits per heavy atom. The molecule has 0 aliphatic carbocycles. The minimum absolute atomic E-state index is 0.0471. The third kappa shape index (κ3) is 2.14. The molecule has 0 unspecified atom stereocenters. The molecule has 0 fully saturated rings. The van der Waals surface area contributed by atoms with E-state index < -0.39 is 5.97 Å². The van der Waals surface area contributed by atoms with Gasteiger partial charge in [-0.25, -0.2) is 9.48 Å². The number of benzene rings is 1. The lowest BCUT2D eigenvalue weighted by molar-refractivity contribution is 0.0691. The molecule has 0 aliphatic heterocycles. The maximum absolute atomic E-state index is 11.0. The van der Waals surface area contributed by atoms with Crippen molar-refractivity contribution in [3.8, 4) is 11.3 Å². The van der Waals surface area contributed by atoms with Gasteiger partial charge < -0.3 is 5.11 Å². The quantitative estimate of drug-likeness (QED) is 0.909. The Labute approximate surface area is 103 Å². The molecule has 1 heterocycles. The molecule has 1 N–H and O–H groups in total. The van der Waals surface area contributed by atoms with Crippen LogP contribution in [0.5, 0.6) is 0 Å². The molecule has 5 nitrogen and oxygen atoms in total. The molecule has 1 aromatic heterocycles. The number of carboxylic acid groups (broad SMARTS) is 1. The molecule has 0 aliphatic rings. The Morgan fingerprint density at radius 1 is 1.41 bits per heavy atom.